The van der Waals surface area contributed by atoms with Crippen LogP contribution in [0.3, 0.4) is 0 Å². The highest BCUT2D eigenvalue weighted by atomic mass is 16.4. The Kier molecular flexibility index (Phi) is 4.89. The number of rotatable bonds is 4. The molecule has 0 aliphatic rings. The molecule has 19 heavy (non-hydrogen) atoms. The van der Waals surface area contributed by atoms with Gasteiger partial charge in [-0.3, -0.25) is 4.79 Å². The van der Waals surface area contributed by atoms with Crippen molar-refractivity contribution in [2.45, 2.75) is 6.92 Å². The van der Waals surface area contributed by atoms with Gasteiger partial charge in [-0.15, -0.1) is 0 Å². The van der Waals surface area contributed by atoms with Crippen LogP contribution < -0.4 is 5.32 Å². The van der Waals surface area contributed by atoms with E-state index in [1.807, 2.05) is 6.07 Å². The van der Waals surface area contributed by atoms with E-state index in [1.54, 1.807) is 24.3 Å². The minimum absolute atomic E-state index is 0.110. The molecule has 1 rings (SSSR count). The number of nitriles is 1. The van der Waals surface area contributed by atoms with Crippen LogP contribution in [0.25, 0.3) is 0 Å². The van der Waals surface area contributed by atoms with Gasteiger partial charge in [-0.05, 0) is 18.2 Å². The standard InChI is InChI=1S/C13H15N3O3/c1-9(12(17)18)8-16(2)13(19)15-11-5-3-4-10(6-11)7-14/h3-6,9H,8H2,1-2H3,(H,15,19)(H,17,18). The zero-order chi connectivity index (χ0) is 14.4. The Labute approximate surface area is 111 Å². The lowest BCUT2D eigenvalue weighted by Gasteiger charge is -2.20. The fourth-order valence-corrected chi connectivity index (χ4v) is 1.46. The second-order valence-corrected chi connectivity index (χ2v) is 4.24. The number of hydrogen-bond acceptors (Lipinski definition) is 3. The predicted molar refractivity (Wildman–Crippen MR) is 69.6 cm³/mol. The van der Waals surface area contributed by atoms with Crippen LogP contribution in [0.2, 0.25) is 0 Å². The van der Waals surface area contributed by atoms with Gasteiger partial charge in [0.05, 0.1) is 17.6 Å². The number of carbonyl (C=O) groups is 2. The van der Waals surface area contributed by atoms with Crippen molar-refractivity contribution in [3.05, 3.63) is 29.8 Å². The monoisotopic (exact) mass is 261 g/mol. The van der Waals surface area contributed by atoms with Gasteiger partial charge in [0, 0.05) is 19.3 Å². The first-order valence-corrected chi connectivity index (χ1v) is 5.69. The van der Waals surface area contributed by atoms with Crippen LogP contribution in [0.1, 0.15) is 12.5 Å². The van der Waals surface area contributed by atoms with E-state index in [2.05, 4.69) is 5.32 Å². The van der Waals surface area contributed by atoms with Gasteiger partial charge in [0.25, 0.3) is 0 Å². The molecule has 0 heterocycles. The number of carboxylic acids is 1. The first-order valence-electron chi connectivity index (χ1n) is 5.69. The summed E-state index contributed by atoms with van der Waals surface area (Å²) in [7, 11) is 1.52. The van der Waals surface area contributed by atoms with Crippen LogP contribution in [-0.4, -0.2) is 35.6 Å². The molecule has 1 atom stereocenters. The zero-order valence-corrected chi connectivity index (χ0v) is 10.8. The van der Waals surface area contributed by atoms with Crippen LogP contribution >= 0.6 is 0 Å². The maximum absolute atomic E-state index is 11.8. The summed E-state index contributed by atoms with van der Waals surface area (Å²) in [5.74, 6) is -1.59. The molecule has 2 amide bonds. The summed E-state index contributed by atoms with van der Waals surface area (Å²) in [4.78, 5) is 23.8. The third-order valence-electron chi connectivity index (χ3n) is 2.56. The van der Waals surface area contributed by atoms with Gasteiger partial charge in [0.15, 0.2) is 0 Å². The average Bonchev–Trinajstić information content (AvgIpc) is 2.38. The number of amides is 2. The number of nitrogens with zero attached hydrogens (tertiary/aromatic N) is 2. The summed E-state index contributed by atoms with van der Waals surface area (Å²) in [6.07, 6.45) is 0. The zero-order valence-electron chi connectivity index (χ0n) is 10.8. The second kappa shape index (κ2) is 6.40. The van der Waals surface area contributed by atoms with Gasteiger partial charge in [-0.1, -0.05) is 13.0 Å². The minimum Gasteiger partial charge on any atom is -0.481 e. The van der Waals surface area contributed by atoms with E-state index in [-0.39, 0.29) is 6.54 Å². The third kappa shape index (κ3) is 4.32. The highest BCUT2D eigenvalue weighted by molar-refractivity contribution is 5.89. The predicted octanol–water partition coefficient (Wildman–Crippen LogP) is 1.74. The Morgan fingerprint density at radius 2 is 2.21 bits per heavy atom. The maximum Gasteiger partial charge on any atom is 0.321 e. The molecular weight excluding hydrogens is 246 g/mol. The lowest BCUT2D eigenvalue weighted by Crippen LogP contribution is -2.36. The van der Waals surface area contributed by atoms with E-state index in [4.69, 9.17) is 10.4 Å². The van der Waals surface area contributed by atoms with Crippen molar-refractivity contribution in [2.75, 3.05) is 18.9 Å². The molecule has 2 N–H and O–H groups in total. The number of carboxylic acid groups (broad SMARTS) is 1. The Hall–Kier alpha value is -2.55. The Morgan fingerprint density at radius 1 is 1.53 bits per heavy atom. The number of benzene rings is 1. The SMILES string of the molecule is CC(CN(C)C(=O)Nc1cccc(C#N)c1)C(=O)O. The lowest BCUT2D eigenvalue weighted by molar-refractivity contribution is -0.141. The first-order chi connectivity index (χ1) is 8.93. The molecule has 0 saturated heterocycles. The fourth-order valence-electron chi connectivity index (χ4n) is 1.46. The summed E-state index contributed by atoms with van der Waals surface area (Å²) in [5.41, 5.74) is 0.943. The van der Waals surface area contributed by atoms with E-state index in [0.29, 0.717) is 11.3 Å². The van der Waals surface area contributed by atoms with Crippen LogP contribution in [0.4, 0.5) is 10.5 Å². The normalized spacial score (nSPS) is 11.2. The molecule has 0 fully saturated rings. The molecule has 100 valence electrons. The molecule has 1 aromatic carbocycles. The Morgan fingerprint density at radius 3 is 2.79 bits per heavy atom. The summed E-state index contributed by atoms with van der Waals surface area (Å²) >= 11 is 0. The quantitative estimate of drug-likeness (QED) is 0.863. The summed E-state index contributed by atoms with van der Waals surface area (Å²) in [6.45, 7) is 1.64. The fraction of sp³-hybridized carbons (Fsp3) is 0.308. The molecule has 0 bridgehead atoms. The van der Waals surface area contributed by atoms with Crippen molar-refractivity contribution in [3.63, 3.8) is 0 Å². The second-order valence-electron chi connectivity index (χ2n) is 4.24. The number of nitrogens with one attached hydrogen (secondary N) is 1. The number of anilines is 1. The van der Waals surface area contributed by atoms with Gasteiger partial charge < -0.3 is 15.3 Å². The molecule has 1 aromatic rings. The molecule has 1 unspecified atom stereocenters. The smallest absolute Gasteiger partial charge is 0.321 e. The molecule has 0 aliphatic carbocycles. The molecule has 0 aromatic heterocycles. The van der Waals surface area contributed by atoms with E-state index in [0.717, 1.165) is 0 Å². The highest BCUT2D eigenvalue weighted by Gasteiger charge is 2.17. The van der Waals surface area contributed by atoms with Crippen LogP contribution in [-0.2, 0) is 4.79 Å². The molecule has 0 spiro atoms. The topological polar surface area (TPSA) is 93.4 Å². The van der Waals surface area contributed by atoms with E-state index in [1.165, 1.54) is 18.9 Å². The Balaban J connectivity index is 2.64. The van der Waals surface area contributed by atoms with Crippen molar-refractivity contribution in [2.24, 2.45) is 5.92 Å². The summed E-state index contributed by atoms with van der Waals surface area (Å²) < 4.78 is 0. The number of aliphatic carboxylic acids is 1. The molecule has 0 aliphatic heterocycles. The van der Waals surface area contributed by atoms with Gasteiger partial charge in [-0.25, -0.2) is 4.79 Å². The summed E-state index contributed by atoms with van der Waals surface area (Å²) in [6, 6.07) is 8.06. The molecular formula is C13H15N3O3. The first kappa shape index (κ1) is 14.5. The Bertz CT molecular complexity index is 522. The number of carbonyl (C=O) groups excluding carboxylic acids is 1. The van der Waals surface area contributed by atoms with Gasteiger partial charge in [-0.2, -0.15) is 5.26 Å². The maximum atomic E-state index is 11.8. The third-order valence-corrected chi connectivity index (χ3v) is 2.56. The average molecular weight is 261 g/mol. The van der Waals surface area contributed by atoms with Crippen molar-refractivity contribution < 1.29 is 14.7 Å². The molecule has 6 nitrogen and oxygen atoms in total. The molecule has 0 saturated carbocycles. The van der Waals surface area contributed by atoms with Crippen molar-refractivity contribution in [3.8, 4) is 6.07 Å². The van der Waals surface area contributed by atoms with Crippen molar-refractivity contribution in [1.82, 2.24) is 4.90 Å². The molecule has 0 radical (unpaired) electrons. The van der Waals surface area contributed by atoms with E-state index in [9.17, 15) is 9.59 Å². The number of urea groups is 1. The van der Waals surface area contributed by atoms with Crippen LogP contribution in [0.15, 0.2) is 24.3 Å². The minimum atomic E-state index is -0.953. The van der Waals surface area contributed by atoms with Gasteiger partial charge in [0.1, 0.15) is 0 Å². The van der Waals surface area contributed by atoms with Crippen molar-refractivity contribution in [1.29, 1.82) is 5.26 Å². The van der Waals surface area contributed by atoms with E-state index >= 15 is 0 Å². The number of hydrogen-bond donors (Lipinski definition) is 2. The summed E-state index contributed by atoms with van der Waals surface area (Å²) in [5, 5.41) is 20.1. The van der Waals surface area contributed by atoms with Crippen molar-refractivity contribution >= 4 is 17.7 Å². The highest BCUT2D eigenvalue weighted by Crippen LogP contribution is 2.10. The van der Waals surface area contributed by atoms with E-state index < -0.39 is 17.9 Å². The molecule has 6 heteroatoms. The lowest BCUT2D eigenvalue weighted by atomic mass is 10.2. The van der Waals surface area contributed by atoms with Crippen LogP contribution in [0.5, 0.6) is 0 Å². The van der Waals surface area contributed by atoms with Gasteiger partial charge in [0.2, 0.25) is 0 Å². The van der Waals surface area contributed by atoms with Crippen LogP contribution in [0, 0.1) is 17.2 Å². The van der Waals surface area contributed by atoms with Gasteiger partial charge >= 0.3 is 12.0 Å². The largest absolute Gasteiger partial charge is 0.481 e.